The number of pyridine rings is 1. The van der Waals surface area contributed by atoms with Crippen molar-refractivity contribution in [3.63, 3.8) is 0 Å². The molecule has 0 bridgehead atoms. The van der Waals surface area contributed by atoms with Crippen molar-refractivity contribution < 1.29 is 27.9 Å². The number of aliphatic carboxylic acids is 1. The zero-order chi connectivity index (χ0) is 23.0. The van der Waals surface area contributed by atoms with Crippen molar-refractivity contribution in [3.8, 4) is 11.3 Å². The molecule has 3 aliphatic rings. The van der Waals surface area contributed by atoms with E-state index in [0.29, 0.717) is 12.5 Å². The standard InChI is InChI=1S/C19H23N5O.C2HF3O2/c1-12-3-2-7-23(11-12)16-9-15-13(10-21-16)4-5-14-17(15)22-24-8-6-20-19(25)18(14)24;3-2(4,5)1(6)7/h9-10,12H,2-8,11H2,1H3,(H,20,25);(H,6,7). The summed E-state index contributed by atoms with van der Waals surface area (Å²) in [4.78, 5) is 28.3. The maximum atomic E-state index is 12.3. The minimum absolute atomic E-state index is 0.0163. The fraction of sp³-hybridized carbons (Fsp3) is 0.524. The topological polar surface area (TPSA) is 100 Å². The summed E-state index contributed by atoms with van der Waals surface area (Å²) in [5.41, 5.74) is 5.27. The van der Waals surface area contributed by atoms with Gasteiger partial charge in [-0.1, -0.05) is 6.92 Å². The van der Waals surface area contributed by atoms with Gasteiger partial charge in [0.2, 0.25) is 0 Å². The van der Waals surface area contributed by atoms with E-state index in [0.717, 1.165) is 55.2 Å². The van der Waals surface area contributed by atoms with Gasteiger partial charge in [-0.3, -0.25) is 9.48 Å². The fourth-order valence-corrected chi connectivity index (χ4v) is 4.45. The van der Waals surface area contributed by atoms with E-state index in [1.807, 2.05) is 10.9 Å². The summed E-state index contributed by atoms with van der Waals surface area (Å²) in [6, 6.07) is 2.20. The number of rotatable bonds is 1. The largest absolute Gasteiger partial charge is 0.490 e. The number of amides is 1. The van der Waals surface area contributed by atoms with Gasteiger partial charge in [0.1, 0.15) is 11.5 Å². The average Bonchev–Trinajstić information content (AvgIpc) is 3.13. The van der Waals surface area contributed by atoms with Crippen LogP contribution in [-0.2, 0) is 24.2 Å². The minimum Gasteiger partial charge on any atom is -0.475 e. The molecule has 32 heavy (non-hydrogen) atoms. The van der Waals surface area contributed by atoms with Crippen molar-refractivity contribution in [1.82, 2.24) is 20.1 Å². The first-order valence-corrected chi connectivity index (χ1v) is 10.6. The number of carbonyl (C=O) groups is 2. The lowest BCUT2D eigenvalue weighted by molar-refractivity contribution is -0.192. The van der Waals surface area contributed by atoms with Crippen LogP contribution in [0.25, 0.3) is 11.3 Å². The summed E-state index contributed by atoms with van der Waals surface area (Å²) in [6.45, 7) is 5.87. The van der Waals surface area contributed by atoms with Gasteiger partial charge in [-0.25, -0.2) is 9.78 Å². The Morgan fingerprint density at radius 3 is 2.72 bits per heavy atom. The third-order valence-corrected chi connectivity index (χ3v) is 5.97. The van der Waals surface area contributed by atoms with E-state index >= 15 is 0 Å². The van der Waals surface area contributed by atoms with Crippen LogP contribution in [0.4, 0.5) is 19.0 Å². The van der Waals surface area contributed by atoms with Crippen molar-refractivity contribution in [2.24, 2.45) is 5.92 Å². The molecular weight excluding hydrogens is 427 g/mol. The molecule has 2 N–H and O–H groups in total. The Hall–Kier alpha value is -3.11. The van der Waals surface area contributed by atoms with Crippen molar-refractivity contribution >= 4 is 17.7 Å². The monoisotopic (exact) mass is 451 g/mol. The second-order valence-corrected chi connectivity index (χ2v) is 8.35. The molecule has 2 aromatic heterocycles. The number of nitrogens with one attached hydrogen (secondary N) is 1. The molecule has 4 heterocycles. The number of nitrogens with zero attached hydrogens (tertiary/aromatic N) is 4. The molecule has 5 rings (SSSR count). The van der Waals surface area contributed by atoms with Crippen LogP contribution < -0.4 is 10.2 Å². The predicted molar refractivity (Wildman–Crippen MR) is 110 cm³/mol. The highest BCUT2D eigenvalue weighted by atomic mass is 19.4. The predicted octanol–water partition coefficient (Wildman–Crippen LogP) is 2.66. The van der Waals surface area contributed by atoms with Gasteiger partial charge in [-0.2, -0.15) is 18.3 Å². The van der Waals surface area contributed by atoms with Crippen molar-refractivity contribution in [2.75, 3.05) is 24.5 Å². The lowest BCUT2D eigenvalue weighted by atomic mass is 9.89. The number of carbonyl (C=O) groups excluding carboxylic acids is 1. The minimum atomic E-state index is -5.08. The second-order valence-electron chi connectivity index (χ2n) is 8.35. The Bertz CT molecular complexity index is 1050. The number of fused-ring (bicyclic) bond motifs is 5. The molecule has 1 unspecified atom stereocenters. The van der Waals surface area contributed by atoms with Crippen LogP contribution in [-0.4, -0.2) is 57.6 Å². The summed E-state index contributed by atoms with van der Waals surface area (Å²) in [6.07, 6.45) is 1.26. The van der Waals surface area contributed by atoms with Gasteiger partial charge in [-0.05, 0) is 43.2 Å². The van der Waals surface area contributed by atoms with Gasteiger partial charge < -0.3 is 15.3 Å². The number of hydrogen-bond acceptors (Lipinski definition) is 5. The number of anilines is 1. The quantitative estimate of drug-likeness (QED) is 0.692. The average molecular weight is 451 g/mol. The normalized spacial score (nSPS) is 19.7. The molecule has 0 saturated carbocycles. The Morgan fingerprint density at radius 2 is 2.03 bits per heavy atom. The second kappa shape index (κ2) is 8.44. The van der Waals surface area contributed by atoms with Gasteiger partial charge in [-0.15, -0.1) is 0 Å². The first-order chi connectivity index (χ1) is 15.1. The van der Waals surface area contributed by atoms with E-state index in [1.165, 1.54) is 24.0 Å². The van der Waals surface area contributed by atoms with E-state index in [2.05, 4.69) is 23.2 Å². The van der Waals surface area contributed by atoms with Gasteiger partial charge in [0.05, 0.1) is 12.2 Å². The molecular formula is C21H24F3N5O3. The molecule has 1 saturated heterocycles. The molecule has 0 spiro atoms. The van der Waals surface area contributed by atoms with Crippen LogP contribution >= 0.6 is 0 Å². The smallest absolute Gasteiger partial charge is 0.475 e. The van der Waals surface area contributed by atoms with E-state index in [-0.39, 0.29) is 5.91 Å². The third kappa shape index (κ3) is 4.28. The molecule has 0 radical (unpaired) electrons. The van der Waals surface area contributed by atoms with Crippen molar-refractivity contribution in [2.45, 2.75) is 45.3 Å². The van der Waals surface area contributed by atoms with Crippen LogP contribution in [0.2, 0.25) is 0 Å². The lowest BCUT2D eigenvalue weighted by Gasteiger charge is -2.32. The zero-order valence-corrected chi connectivity index (χ0v) is 17.6. The van der Waals surface area contributed by atoms with Crippen molar-refractivity contribution in [3.05, 3.63) is 29.1 Å². The number of alkyl halides is 3. The number of hydrogen-bond donors (Lipinski definition) is 2. The molecule has 0 aromatic carbocycles. The molecule has 172 valence electrons. The van der Waals surface area contributed by atoms with E-state index in [4.69, 9.17) is 20.0 Å². The number of halogens is 3. The molecule has 2 aliphatic heterocycles. The van der Waals surface area contributed by atoms with Crippen LogP contribution in [0.5, 0.6) is 0 Å². The number of carboxylic acids is 1. The molecule has 1 aliphatic carbocycles. The number of carboxylic acid groups (broad SMARTS) is 1. The van der Waals surface area contributed by atoms with E-state index in [9.17, 15) is 18.0 Å². The summed E-state index contributed by atoms with van der Waals surface area (Å²) in [5, 5.41) is 14.9. The number of piperidine rings is 1. The van der Waals surface area contributed by atoms with Crippen LogP contribution in [0.15, 0.2) is 12.3 Å². The SMILES string of the molecule is CC1CCCN(c2cc3c(cn2)CCc2c-3nn3c2C(=O)NCC3)C1.O=C(O)C(F)(F)F. The van der Waals surface area contributed by atoms with E-state index < -0.39 is 12.1 Å². The Kier molecular flexibility index (Phi) is 5.83. The first kappa shape index (κ1) is 22.1. The van der Waals surface area contributed by atoms with Crippen LogP contribution in [0.1, 0.15) is 41.4 Å². The highest BCUT2D eigenvalue weighted by Gasteiger charge is 2.38. The highest BCUT2D eigenvalue weighted by Crippen LogP contribution is 2.37. The van der Waals surface area contributed by atoms with Crippen molar-refractivity contribution in [1.29, 1.82) is 0 Å². The maximum Gasteiger partial charge on any atom is 0.490 e. The summed E-state index contributed by atoms with van der Waals surface area (Å²) < 4.78 is 33.6. The summed E-state index contributed by atoms with van der Waals surface area (Å²) >= 11 is 0. The lowest BCUT2D eigenvalue weighted by Crippen LogP contribution is -2.36. The Balaban J connectivity index is 0.000000307. The number of aryl methyl sites for hydroxylation is 1. The molecule has 1 atom stereocenters. The highest BCUT2D eigenvalue weighted by molar-refractivity contribution is 5.97. The van der Waals surface area contributed by atoms with Gasteiger partial charge in [0, 0.05) is 37.0 Å². The van der Waals surface area contributed by atoms with Gasteiger partial charge in [0.15, 0.2) is 0 Å². The first-order valence-electron chi connectivity index (χ1n) is 10.6. The zero-order valence-electron chi connectivity index (χ0n) is 17.6. The Labute approximate surface area is 182 Å². The molecule has 11 heteroatoms. The van der Waals surface area contributed by atoms with Gasteiger partial charge >= 0.3 is 12.1 Å². The van der Waals surface area contributed by atoms with Gasteiger partial charge in [0.25, 0.3) is 5.91 Å². The van der Waals surface area contributed by atoms with Crippen LogP contribution in [0.3, 0.4) is 0 Å². The molecule has 1 fully saturated rings. The molecule has 8 nitrogen and oxygen atoms in total. The van der Waals surface area contributed by atoms with Crippen LogP contribution in [0, 0.1) is 5.92 Å². The maximum absolute atomic E-state index is 12.3. The Morgan fingerprint density at radius 1 is 1.28 bits per heavy atom. The summed E-state index contributed by atoms with van der Waals surface area (Å²) in [5.74, 6) is -0.977. The number of aromatic nitrogens is 3. The van der Waals surface area contributed by atoms with E-state index in [1.54, 1.807) is 0 Å². The summed E-state index contributed by atoms with van der Waals surface area (Å²) in [7, 11) is 0. The molecule has 1 amide bonds. The fourth-order valence-electron chi connectivity index (χ4n) is 4.45. The molecule has 2 aromatic rings. The third-order valence-electron chi connectivity index (χ3n) is 5.97.